The highest BCUT2D eigenvalue weighted by atomic mass is 35.5. The third-order valence-corrected chi connectivity index (χ3v) is 8.17. The molecule has 0 radical (unpaired) electrons. The number of aromatic nitrogens is 3. The van der Waals surface area contributed by atoms with Crippen molar-refractivity contribution < 1.29 is 13.2 Å². The number of imidazole rings is 1. The maximum atomic E-state index is 13.2. The summed E-state index contributed by atoms with van der Waals surface area (Å²) in [5.41, 5.74) is 4.03. The molecule has 0 saturated carbocycles. The van der Waals surface area contributed by atoms with Crippen LogP contribution in [0.25, 0.3) is 28.3 Å². The number of fused-ring (bicyclic) bond motifs is 1. The van der Waals surface area contributed by atoms with E-state index in [-0.39, 0.29) is 22.9 Å². The van der Waals surface area contributed by atoms with Gasteiger partial charge in [0.25, 0.3) is 11.5 Å². The second-order valence-electron chi connectivity index (χ2n) is 9.98. The lowest BCUT2D eigenvalue weighted by molar-refractivity contribution is 0.0951. The van der Waals surface area contributed by atoms with E-state index in [9.17, 15) is 18.0 Å². The minimum Gasteiger partial charge on any atom is -0.348 e. The van der Waals surface area contributed by atoms with Crippen molar-refractivity contribution in [3.63, 3.8) is 0 Å². The molecule has 0 atom stereocenters. The second kappa shape index (κ2) is 12.3. The zero-order chi connectivity index (χ0) is 29.9. The van der Waals surface area contributed by atoms with Crippen LogP contribution in [-0.4, -0.2) is 28.3 Å². The average Bonchev–Trinajstić information content (AvgIpc) is 3.43. The first kappa shape index (κ1) is 29.2. The van der Waals surface area contributed by atoms with Gasteiger partial charge in [-0.25, -0.2) is 18.5 Å². The molecule has 11 heteroatoms. The summed E-state index contributed by atoms with van der Waals surface area (Å²) in [6.07, 6.45) is 4.75. The van der Waals surface area contributed by atoms with Crippen molar-refractivity contribution in [1.29, 1.82) is 0 Å². The number of rotatable bonds is 10. The van der Waals surface area contributed by atoms with Gasteiger partial charge in [-0.1, -0.05) is 67.8 Å². The number of benzene rings is 3. The van der Waals surface area contributed by atoms with Gasteiger partial charge in [0.1, 0.15) is 0 Å². The summed E-state index contributed by atoms with van der Waals surface area (Å²) >= 11 is 6.06. The Morgan fingerprint density at radius 1 is 0.952 bits per heavy atom. The lowest BCUT2D eigenvalue weighted by Gasteiger charge is -2.15. The third kappa shape index (κ3) is 6.46. The van der Waals surface area contributed by atoms with Gasteiger partial charge in [-0.05, 0) is 53.9 Å². The summed E-state index contributed by atoms with van der Waals surface area (Å²) in [6.45, 7) is 3.03. The zero-order valence-electron chi connectivity index (χ0n) is 23.0. The van der Waals surface area contributed by atoms with Crippen LogP contribution in [0.3, 0.4) is 0 Å². The molecule has 216 valence electrons. The molecule has 5 rings (SSSR count). The number of nitrogens with one attached hydrogen (secondary N) is 1. The Balaban J connectivity index is 1.41. The van der Waals surface area contributed by atoms with E-state index in [1.54, 1.807) is 53.1 Å². The van der Waals surface area contributed by atoms with Gasteiger partial charge in [0, 0.05) is 41.5 Å². The molecule has 0 bridgehead atoms. The maximum absolute atomic E-state index is 13.2. The van der Waals surface area contributed by atoms with E-state index in [2.05, 4.69) is 16.8 Å². The SMILES string of the molecule is CCCCCn1c(-c2ccc(C(=O)NCc3ccc(S(N)(=O)=O)cc3)cc2)cc(=O)n2cc(-c3ccc(Cl)cc3)nc12. The zero-order valence-corrected chi connectivity index (χ0v) is 24.5. The molecule has 3 N–H and O–H groups in total. The fourth-order valence-corrected chi connectivity index (χ4v) is 5.35. The van der Waals surface area contributed by atoms with E-state index in [4.69, 9.17) is 21.7 Å². The Morgan fingerprint density at radius 3 is 2.26 bits per heavy atom. The molecule has 0 aliphatic carbocycles. The van der Waals surface area contributed by atoms with Crippen LogP contribution >= 0.6 is 11.6 Å². The number of amides is 1. The molecular formula is C31H30ClN5O4S. The highest BCUT2D eigenvalue weighted by Gasteiger charge is 2.16. The minimum atomic E-state index is -3.78. The topological polar surface area (TPSA) is 129 Å². The van der Waals surface area contributed by atoms with E-state index < -0.39 is 10.0 Å². The Bertz CT molecular complexity index is 1900. The monoisotopic (exact) mass is 603 g/mol. The first-order valence-electron chi connectivity index (χ1n) is 13.5. The Hall–Kier alpha value is -4.25. The molecule has 2 aromatic heterocycles. The van der Waals surface area contributed by atoms with Crippen LogP contribution in [0.4, 0.5) is 0 Å². The summed E-state index contributed by atoms with van der Waals surface area (Å²) in [5.74, 6) is 0.266. The van der Waals surface area contributed by atoms with Crippen LogP contribution in [0.1, 0.15) is 42.1 Å². The maximum Gasteiger partial charge on any atom is 0.259 e. The molecule has 9 nitrogen and oxygen atoms in total. The van der Waals surface area contributed by atoms with Crippen molar-refractivity contribution in [3.05, 3.63) is 112 Å². The van der Waals surface area contributed by atoms with Gasteiger partial charge >= 0.3 is 0 Å². The molecule has 2 heterocycles. The summed E-state index contributed by atoms with van der Waals surface area (Å²) in [6, 6.07) is 22.0. The number of carbonyl (C=O) groups excluding carboxylic acids is 1. The third-order valence-electron chi connectivity index (χ3n) is 6.99. The van der Waals surface area contributed by atoms with Crippen LogP contribution < -0.4 is 16.0 Å². The summed E-state index contributed by atoms with van der Waals surface area (Å²) in [5, 5.41) is 8.60. The van der Waals surface area contributed by atoms with Crippen molar-refractivity contribution in [2.75, 3.05) is 0 Å². The number of hydrogen-bond donors (Lipinski definition) is 2. The molecule has 0 aliphatic rings. The van der Waals surface area contributed by atoms with Gasteiger partial charge in [-0.2, -0.15) is 0 Å². The fourth-order valence-electron chi connectivity index (χ4n) is 4.71. The number of halogens is 1. The molecule has 0 unspecified atom stereocenters. The molecule has 1 amide bonds. The van der Waals surface area contributed by atoms with Crippen molar-refractivity contribution in [2.24, 2.45) is 5.14 Å². The van der Waals surface area contributed by atoms with Crippen LogP contribution in [0.5, 0.6) is 0 Å². The summed E-state index contributed by atoms with van der Waals surface area (Å²) < 4.78 is 26.5. The number of unbranched alkanes of at least 4 members (excludes halogenated alkanes) is 2. The van der Waals surface area contributed by atoms with E-state index in [1.807, 2.05) is 24.3 Å². The minimum absolute atomic E-state index is 0.0103. The second-order valence-corrected chi connectivity index (χ2v) is 12.0. The smallest absolute Gasteiger partial charge is 0.259 e. The van der Waals surface area contributed by atoms with Crippen LogP contribution in [0.15, 0.2) is 94.7 Å². The standard InChI is InChI=1S/C31H30ClN5O4S/c1-2-3-4-17-36-28(18-29(38)37-20-27(35-31(36)37)22-11-13-25(32)14-12-22)23-7-9-24(10-8-23)30(39)34-19-21-5-15-26(16-6-21)42(33,40)41/h5-16,18,20H,2-4,17,19H2,1H3,(H,34,39)(H2,33,40,41). The van der Waals surface area contributed by atoms with E-state index in [0.29, 0.717) is 28.6 Å². The fraction of sp³-hybridized carbons (Fsp3) is 0.194. The largest absolute Gasteiger partial charge is 0.348 e. The van der Waals surface area contributed by atoms with Gasteiger partial charge in [-0.3, -0.25) is 14.0 Å². The number of nitrogens with two attached hydrogens (primary N) is 1. The molecule has 42 heavy (non-hydrogen) atoms. The quantitative estimate of drug-likeness (QED) is 0.211. The Labute approximate surface area is 248 Å². The first-order valence-corrected chi connectivity index (χ1v) is 15.5. The molecule has 3 aromatic carbocycles. The average molecular weight is 604 g/mol. The lowest BCUT2D eigenvalue weighted by Crippen LogP contribution is -2.23. The van der Waals surface area contributed by atoms with Crippen molar-refractivity contribution in [1.82, 2.24) is 19.3 Å². The predicted molar refractivity (Wildman–Crippen MR) is 164 cm³/mol. The Kier molecular flexibility index (Phi) is 8.58. The molecular weight excluding hydrogens is 574 g/mol. The predicted octanol–water partition coefficient (Wildman–Crippen LogP) is 5.25. The number of nitrogens with zero attached hydrogens (tertiary/aromatic N) is 3. The van der Waals surface area contributed by atoms with Crippen LogP contribution in [-0.2, 0) is 23.1 Å². The molecule has 0 saturated heterocycles. The highest BCUT2D eigenvalue weighted by molar-refractivity contribution is 7.89. The normalized spacial score (nSPS) is 11.6. The summed E-state index contributed by atoms with van der Waals surface area (Å²) in [7, 11) is -3.78. The van der Waals surface area contributed by atoms with Crippen LogP contribution in [0, 0.1) is 0 Å². The van der Waals surface area contributed by atoms with Gasteiger partial charge in [0.05, 0.1) is 16.3 Å². The Morgan fingerprint density at radius 2 is 1.62 bits per heavy atom. The van der Waals surface area contributed by atoms with Gasteiger partial charge in [0.15, 0.2) is 0 Å². The van der Waals surface area contributed by atoms with E-state index in [0.717, 1.165) is 41.6 Å². The number of carbonyl (C=O) groups is 1. The molecule has 0 spiro atoms. The molecule has 5 aromatic rings. The van der Waals surface area contributed by atoms with Gasteiger partial charge < -0.3 is 9.88 Å². The number of primary sulfonamides is 1. The number of hydrogen-bond acceptors (Lipinski definition) is 5. The number of sulfonamides is 1. The lowest BCUT2D eigenvalue weighted by atomic mass is 10.1. The number of aryl methyl sites for hydroxylation is 1. The van der Waals surface area contributed by atoms with Gasteiger partial charge in [-0.15, -0.1) is 0 Å². The highest BCUT2D eigenvalue weighted by Crippen LogP contribution is 2.25. The van der Waals surface area contributed by atoms with Gasteiger partial charge in [0.2, 0.25) is 15.8 Å². The molecule has 0 fully saturated rings. The first-order chi connectivity index (χ1) is 20.1. The molecule has 0 aliphatic heterocycles. The van der Waals surface area contributed by atoms with Crippen LogP contribution in [0.2, 0.25) is 5.02 Å². The van der Waals surface area contributed by atoms with E-state index >= 15 is 0 Å². The van der Waals surface area contributed by atoms with Crippen molar-refractivity contribution in [3.8, 4) is 22.5 Å². The van der Waals surface area contributed by atoms with Crippen molar-refractivity contribution in [2.45, 2.75) is 44.2 Å². The summed E-state index contributed by atoms with van der Waals surface area (Å²) in [4.78, 5) is 30.9. The van der Waals surface area contributed by atoms with Crippen molar-refractivity contribution >= 4 is 33.3 Å². The van der Waals surface area contributed by atoms with E-state index in [1.165, 1.54) is 12.1 Å².